The first-order chi connectivity index (χ1) is 12.1. The van der Waals surface area contributed by atoms with Crippen LogP contribution in [0, 0.1) is 18.8 Å². The van der Waals surface area contributed by atoms with Gasteiger partial charge in [-0.05, 0) is 30.9 Å². The van der Waals surface area contributed by atoms with Crippen LogP contribution in [0.2, 0.25) is 0 Å². The number of amides is 2. The number of hydrogen-bond donors (Lipinski definition) is 1. The summed E-state index contributed by atoms with van der Waals surface area (Å²) in [5.41, 5.74) is 2.26. The van der Waals surface area contributed by atoms with E-state index in [1.807, 2.05) is 36.1 Å². The summed E-state index contributed by atoms with van der Waals surface area (Å²) in [6, 6.07) is 8.01. The molecule has 5 nitrogen and oxygen atoms in total. The Kier molecular flexibility index (Phi) is 5.87. The van der Waals surface area contributed by atoms with Crippen molar-refractivity contribution in [3.8, 4) is 0 Å². The lowest BCUT2D eigenvalue weighted by molar-refractivity contribution is -0.136. The van der Waals surface area contributed by atoms with Crippen molar-refractivity contribution in [2.45, 2.75) is 26.3 Å². The normalized spacial score (nSPS) is 21.2. The van der Waals surface area contributed by atoms with Gasteiger partial charge in [0.25, 0.3) is 0 Å². The summed E-state index contributed by atoms with van der Waals surface area (Å²) in [5.74, 6) is -0.182. The number of allylic oxidation sites excluding steroid dienone is 2. The maximum absolute atomic E-state index is 12.6. The van der Waals surface area contributed by atoms with Crippen molar-refractivity contribution in [2.75, 3.05) is 26.3 Å². The third-order valence-corrected chi connectivity index (χ3v) is 5.02. The van der Waals surface area contributed by atoms with Gasteiger partial charge in [0.15, 0.2) is 0 Å². The summed E-state index contributed by atoms with van der Waals surface area (Å²) in [7, 11) is 0. The maximum atomic E-state index is 12.6. The zero-order chi connectivity index (χ0) is 17.6. The molecule has 0 aromatic heterocycles. The molecule has 3 rings (SSSR count). The number of benzene rings is 1. The van der Waals surface area contributed by atoms with Crippen LogP contribution in [0.1, 0.15) is 24.0 Å². The smallest absolute Gasteiger partial charge is 0.227 e. The van der Waals surface area contributed by atoms with Crippen LogP contribution in [-0.2, 0) is 20.9 Å². The molecule has 1 unspecified atom stereocenters. The molecule has 0 spiro atoms. The molecule has 5 heteroatoms. The van der Waals surface area contributed by atoms with Crippen LogP contribution in [0.3, 0.4) is 0 Å². The third-order valence-electron chi connectivity index (χ3n) is 5.02. The molecule has 1 aliphatic carbocycles. The SMILES string of the molecule is Cc1ccccc1CNC(=O)C1COCCN(C(=O)C2CC=CC2)C1. The molecule has 2 aliphatic rings. The molecule has 1 heterocycles. The minimum atomic E-state index is -0.315. The van der Waals surface area contributed by atoms with E-state index in [2.05, 4.69) is 17.5 Å². The van der Waals surface area contributed by atoms with Crippen LogP contribution in [0.5, 0.6) is 0 Å². The Morgan fingerprint density at radius 1 is 1.20 bits per heavy atom. The summed E-state index contributed by atoms with van der Waals surface area (Å²) in [6.45, 7) is 4.40. The van der Waals surface area contributed by atoms with Gasteiger partial charge in [-0.3, -0.25) is 9.59 Å². The highest BCUT2D eigenvalue weighted by atomic mass is 16.5. The highest BCUT2D eigenvalue weighted by Gasteiger charge is 2.31. The monoisotopic (exact) mass is 342 g/mol. The number of carbonyl (C=O) groups is 2. The molecule has 2 amide bonds. The molecule has 1 aliphatic heterocycles. The molecule has 1 aromatic rings. The van der Waals surface area contributed by atoms with Gasteiger partial charge in [-0.15, -0.1) is 0 Å². The molecule has 25 heavy (non-hydrogen) atoms. The van der Waals surface area contributed by atoms with E-state index in [4.69, 9.17) is 4.74 Å². The number of rotatable bonds is 4. The molecular formula is C20H26N2O3. The van der Waals surface area contributed by atoms with Gasteiger partial charge in [0.2, 0.25) is 11.8 Å². The third kappa shape index (κ3) is 4.48. The minimum absolute atomic E-state index is 0.0359. The summed E-state index contributed by atoms with van der Waals surface area (Å²) < 4.78 is 5.58. The fourth-order valence-electron chi connectivity index (χ4n) is 3.38. The molecule has 1 atom stereocenters. The van der Waals surface area contributed by atoms with Gasteiger partial charge in [-0.25, -0.2) is 0 Å². The number of ether oxygens (including phenoxy) is 1. The Morgan fingerprint density at radius 3 is 2.72 bits per heavy atom. The molecule has 1 fully saturated rings. The predicted molar refractivity (Wildman–Crippen MR) is 95.8 cm³/mol. The molecule has 0 radical (unpaired) electrons. The van der Waals surface area contributed by atoms with Gasteiger partial charge < -0.3 is 15.0 Å². The number of nitrogens with one attached hydrogen (secondary N) is 1. The first-order valence-corrected chi connectivity index (χ1v) is 8.99. The molecular weight excluding hydrogens is 316 g/mol. The van der Waals surface area contributed by atoms with Crippen LogP contribution in [0.4, 0.5) is 0 Å². The highest BCUT2D eigenvalue weighted by Crippen LogP contribution is 2.22. The Labute approximate surface area is 149 Å². The molecule has 0 saturated carbocycles. The van der Waals surface area contributed by atoms with Crippen molar-refractivity contribution in [3.63, 3.8) is 0 Å². The van der Waals surface area contributed by atoms with Crippen molar-refractivity contribution in [1.29, 1.82) is 0 Å². The fraction of sp³-hybridized carbons (Fsp3) is 0.500. The van der Waals surface area contributed by atoms with E-state index in [-0.39, 0.29) is 23.7 Å². The molecule has 1 saturated heterocycles. The quantitative estimate of drug-likeness (QED) is 0.852. The first-order valence-electron chi connectivity index (χ1n) is 8.99. The molecule has 1 aromatic carbocycles. The second-order valence-electron chi connectivity index (χ2n) is 6.84. The highest BCUT2D eigenvalue weighted by molar-refractivity contribution is 5.82. The van der Waals surface area contributed by atoms with E-state index < -0.39 is 0 Å². The van der Waals surface area contributed by atoms with E-state index in [9.17, 15) is 9.59 Å². The lowest BCUT2D eigenvalue weighted by Gasteiger charge is -2.26. The van der Waals surface area contributed by atoms with Gasteiger partial charge in [0, 0.05) is 25.6 Å². The van der Waals surface area contributed by atoms with E-state index in [1.165, 1.54) is 0 Å². The predicted octanol–water partition coefficient (Wildman–Crippen LogP) is 2.05. The lowest BCUT2D eigenvalue weighted by Crippen LogP contribution is -2.43. The first kappa shape index (κ1) is 17.7. The fourth-order valence-corrected chi connectivity index (χ4v) is 3.38. The summed E-state index contributed by atoms with van der Waals surface area (Å²) >= 11 is 0. The van der Waals surface area contributed by atoms with Gasteiger partial charge in [-0.1, -0.05) is 36.4 Å². The Morgan fingerprint density at radius 2 is 1.96 bits per heavy atom. The van der Waals surface area contributed by atoms with E-state index in [1.54, 1.807) is 0 Å². The summed E-state index contributed by atoms with van der Waals surface area (Å²) in [5, 5.41) is 3.00. The number of hydrogen-bond acceptors (Lipinski definition) is 3. The van der Waals surface area contributed by atoms with E-state index >= 15 is 0 Å². The van der Waals surface area contributed by atoms with Gasteiger partial charge >= 0.3 is 0 Å². The molecule has 1 N–H and O–H groups in total. The lowest BCUT2D eigenvalue weighted by atomic mass is 10.0. The zero-order valence-electron chi connectivity index (χ0n) is 14.7. The average molecular weight is 342 g/mol. The van der Waals surface area contributed by atoms with Crippen molar-refractivity contribution < 1.29 is 14.3 Å². The van der Waals surface area contributed by atoms with Crippen molar-refractivity contribution in [2.24, 2.45) is 11.8 Å². The van der Waals surface area contributed by atoms with Crippen LogP contribution in [0.15, 0.2) is 36.4 Å². The summed E-state index contributed by atoms with van der Waals surface area (Å²) in [6.07, 6.45) is 5.73. The van der Waals surface area contributed by atoms with Crippen molar-refractivity contribution in [3.05, 3.63) is 47.5 Å². The standard InChI is InChI=1S/C20H26N2O3/c1-15-6-2-3-9-17(15)12-21-19(23)18-13-22(10-11-25-14-18)20(24)16-7-4-5-8-16/h2-6,9,16,18H,7-8,10-14H2,1H3,(H,21,23). The van der Waals surface area contributed by atoms with Gasteiger partial charge in [0.1, 0.15) is 0 Å². The minimum Gasteiger partial charge on any atom is -0.379 e. The van der Waals surface area contributed by atoms with Crippen molar-refractivity contribution >= 4 is 11.8 Å². The average Bonchev–Trinajstić information content (AvgIpc) is 3.04. The van der Waals surface area contributed by atoms with Crippen LogP contribution in [0.25, 0.3) is 0 Å². The number of carbonyl (C=O) groups excluding carboxylic acids is 2. The van der Waals surface area contributed by atoms with Crippen molar-refractivity contribution in [1.82, 2.24) is 10.2 Å². The topological polar surface area (TPSA) is 58.6 Å². The second-order valence-corrected chi connectivity index (χ2v) is 6.84. The van der Waals surface area contributed by atoms with Crippen LogP contribution < -0.4 is 5.32 Å². The van der Waals surface area contributed by atoms with Crippen LogP contribution >= 0.6 is 0 Å². The largest absolute Gasteiger partial charge is 0.379 e. The zero-order valence-corrected chi connectivity index (χ0v) is 14.7. The Hall–Kier alpha value is -2.14. The van der Waals surface area contributed by atoms with Gasteiger partial charge in [0.05, 0.1) is 19.1 Å². The molecule has 134 valence electrons. The molecule has 0 bridgehead atoms. The Balaban J connectivity index is 1.57. The summed E-state index contributed by atoms with van der Waals surface area (Å²) in [4.78, 5) is 27.0. The number of aryl methyl sites for hydroxylation is 1. The van der Waals surface area contributed by atoms with E-state index in [0.717, 1.165) is 24.0 Å². The Bertz CT molecular complexity index is 648. The van der Waals surface area contributed by atoms with Gasteiger partial charge in [-0.2, -0.15) is 0 Å². The van der Waals surface area contributed by atoms with E-state index in [0.29, 0.717) is 32.8 Å². The maximum Gasteiger partial charge on any atom is 0.227 e. The second kappa shape index (κ2) is 8.30. The number of nitrogens with zero attached hydrogens (tertiary/aromatic N) is 1. The van der Waals surface area contributed by atoms with Crippen LogP contribution in [-0.4, -0.2) is 43.0 Å².